The molecule has 0 aliphatic rings. The van der Waals surface area contributed by atoms with Gasteiger partial charge >= 0.3 is 5.97 Å². The lowest BCUT2D eigenvalue weighted by Crippen LogP contribution is -2.19. The lowest BCUT2D eigenvalue weighted by atomic mass is 10.0. The summed E-state index contributed by atoms with van der Waals surface area (Å²) in [4.78, 5) is 29.8. The van der Waals surface area contributed by atoms with E-state index in [0.717, 1.165) is 15.4 Å². The van der Waals surface area contributed by atoms with Crippen molar-refractivity contribution < 1.29 is 28.5 Å². The summed E-state index contributed by atoms with van der Waals surface area (Å²) in [6, 6.07) is 25.1. The highest BCUT2D eigenvalue weighted by molar-refractivity contribution is 9.10. The van der Waals surface area contributed by atoms with Gasteiger partial charge in [0.25, 0.3) is 5.91 Å². The minimum atomic E-state index is -0.580. The molecule has 0 aliphatic carbocycles. The molecule has 5 aromatic rings. The first-order chi connectivity index (χ1) is 21.4. The van der Waals surface area contributed by atoms with E-state index in [0.29, 0.717) is 58.4 Å². The Morgan fingerprint density at radius 3 is 2.32 bits per heavy atom. The van der Waals surface area contributed by atoms with Crippen LogP contribution < -0.4 is 24.4 Å². The normalized spacial score (nSPS) is 11.0. The SMILES string of the molecule is CCOc1ccc(C(=O)Oc2ccccc2C=NNC(=O)c2[nH]c3c(OC)ccc(Br)c3c2-c2ccccc2)cc1OCC. The van der Waals surface area contributed by atoms with Gasteiger partial charge < -0.3 is 23.9 Å². The summed E-state index contributed by atoms with van der Waals surface area (Å²) in [5, 5.41) is 4.99. The van der Waals surface area contributed by atoms with E-state index in [1.54, 1.807) is 49.6 Å². The predicted octanol–water partition coefficient (Wildman–Crippen LogP) is 7.39. The maximum atomic E-state index is 13.5. The molecule has 44 heavy (non-hydrogen) atoms. The van der Waals surface area contributed by atoms with Crippen molar-refractivity contribution in [1.82, 2.24) is 10.4 Å². The van der Waals surface area contributed by atoms with Crippen LogP contribution in [0.25, 0.3) is 22.0 Å². The molecule has 1 heterocycles. The largest absolute Gasteiger partial charge is 0.495 e. The number of amides is 1. The minimum Gasteiger partial charge on any atom is -0.495 e. The minimum absolute atomic E-state index is 0.270. The van der Waals surface area contributed by atoms with Crippen LogP contribution >= 0.6 is 15.9 Å². The van der Waals surface area contributed by atoms with Crippen LogP contribution in [0.5, 0.6) is 23.0 Å². The number of para-hydroxylation sites is 1. The molecule has 2 N–H and O–H groups in total. The van der Waals surface area contributed by atoms with Crippen LogP contribution in [0.2, 0.25) is 0 Å². The molecule has 0 aliphatic heterocycles. The van der Waals surface area contributed by atoms with Crippen molar-refractivity contribution in [3.05, 3.63) is 106 Å². The molecule has 0 atom stereocenters. The number of methoxy groups -OCH3 is 1. The standard InChI is InChI=1S/C34H30BrN3O6/c1-4-42-26-17-15-22(19-28(26)43-5-2)34(40)44-25-14-10-9-13-23(25)20-36-38-33(39)32-29(21-11-7-6-8-12-21)30-24(35)16-18-27(41-3)31(30)37-32/h6-20,37H,4-5H2,1-3H3,(H,38,39). The van der Waals surface area contributed by atoms with Gasteiger partial charge in [-0.1, -0.05) is 58.4 Å². The Morgan fingerprint density at radius 1 is 0.864 bits per heavy atom. The molecule has 10 heteroatoms. The molecule has 0 unspecified atom stereocenters. The monoisotopic (exact) mass is 655 g/mol. The number of fused-ring (bicyclic) bond motifs is 1. The lowest BCUT2D eigenvalue weighted by molar-refractivity contribution is 0.0733. The molecular formula is C34H30BrN3O6. The first-order valence-electron chi connectivity index (χ1n) is 13.9. The number of carbonyl (C=O) groups is 2. The summed E-state index contributed by atoms with van der Waals surface area (Å²) in [5.74, 6) is 0.830. The number of hydrazone groups is 1. The molecule has 1 amide bonds. The van der Waals surface area contributed by atoms with Crippen LogP contribution in [0.15, 0.2) is 94.5 Å². The molecule has 224 valence electrons. The summed E-state index contributed by atoms with van der Waals surface area (Å²) in [7, 11) is 1.58. The molecule has 0 fully saturated rings. The second-order valence-corrected chi connectivity index (χ2v) is 10.2. The fourth-order valence-corrected chi connectivity index (χ4v) is 5.24. The van der Waals surface area contributed by atoms with Gasteiger partial charge in [0.2, 0.25) is 0 Å². The van der Waals surface area contributed by atoms with Crippen LogP contribution in [-0.2, 0) is 0 Å². The fraction of sp³-hybridized carbons (Fsp3) is 0.147. The number of aromatic nitrogens is 1. The zero-order valence-electron chi connectivity index (χ0n) is 24.3. The second-order valence-electron chi connectivity index (χ2n) is 9.39. The summed E-state index contributed by atoms with van der Waals surface area (Å²) >= 11 is 3.63. The molecule has 0 spiro atoms. The van der Waals surface area contributed by atoms with Crippen molar-refractivity contribution >= 4 is 44.9 Å². The van der Waals surface area contributed by atoms with Crippen molar-refractivity contribution in [3.63, 3.8) is 0 Å². The van der Waals surface area contributed by atoms with E-state index in [2.05, 4.69) is 31.4 Å². The highest BCUT2D eigenvalue weighted by atomic mass is 79.9. The number of esters is 1. The van der Waals surface area contributed by atoms with Crippen molar-refractivity contribution in [3.8, 4) is 34.1 Å². The second kappa shape index (κ2) is 13.9. The number of nitrogens with one attached hydrogen (secondary N) is 2. The van der Waals surface area contributed by atoms with Crippen LogP contribution in [0, 0.1) is 0 Å². The Balaban J connectivity index is 1.39. The van der Waals surface area contributed by atoms with Crippen LogP contribution in [0.1, 0.15) is 40.3 Å². The first kappa shape index (κ1) is 30.4. The Kier molecular flexibility index (Phi) is 9.61. The van der Waals surface area contributed by atoms with E-state index in [4.69, 9.17) is 18.9 Å². The number of rotatable bonds is 11. The quantitative estimate of drug-likeness (QED) is 0.0664. The third kappa shape index (κ3) is 6.45. The van der Waals surface area contributed by atoms with Gasteiger partial charge in [-0.15, -0.1) is 0 Å². The molecule has 0 saturated heterocycles. The van der Waals surface area contributed by atoms with Gasteiger partial charge in [0, 0.05) is 21.0 Å². The number of carbonyl (C=O) groups excluding carboxylic acids is 2. The molecule has 0 bridgehead atoms. The molecule has 1 aromatic heterocycles. The van der Waals surface area contributed by atoms with Gasteiger partial charge in [0.1, 0.15) is 17.2 Å². The first-order valence-corrected chi connectivity index (χ1v) is 14.7. The summed E-state index contributed by atoms with van der Waals surface area (Å²) < 4.78 is 23.3. The van der Waals surface area contributed by atoms with E-state index >= 15 is 0 Å². The van der Waals surface area contributed by atoms with Gasteiger partial charge in [0.05, 0.1) is 37.6 Å². The summed E-state index contributed by atoms with van der Waals surface area (Å²) in [6.45, 7) is 4.61. The molecule has 4 aromatic carbocycles. The van der Waals surface area contributed by atoms with Gasteiger partial charge in [-0.3, -0.25) is 4.79 Å². The third-order valence-corrected chi connectivity index (χ3v) is 7.31. The molecule has 0 saturated carbocycles. The van der Waals surface area contributed by atoms with Crippen molar-refractivity contribution in [2.24, 2.45) is 5.10 Å². The van der Waals surface area contributed by atoms with E-state index in [1.807, 2.05) is 56.3 Å². The Morgan fingerprint density at radius 2 is 1.57 bits per heavy atom. The van der Waals surface area contributed by atoms with E-state index < -0.39 is 11.9 Å². The number of benzene rings is 4. The molecule has 5 rings (SSSR count). The van der Waals surface area contributed by atoms with Crippen molar-refractivity contribution in [2.45, 2.75) is 13.8 Å². The molecule has 9 nitrogen and oxygen atoms in total. The van der Waals surface area contributed by atoms with Crippen LogP contribution in [-0.4, -0.2) is 43.4 Å². The van der Waals surface area contributed by atoms with Gasteiger partial charge in [0.15, 0.2) is 11.5 Å². The zero-order chi connectivity index (χ0) is 31.1. The lowest BCUT2D eigenvalue weighted by Gasteiger charge is -2.12. The van der Waals surface area contributed by atoms with Crippen LogP contribution in [0.4, 0.5) is 0 Å². The predicted molar refractivity (Wildman–Crippen MR) is 173 cm³/mol. The van der Waals surface area contributed by atoms with Gasteiger partial charge in [-0.2, -0.15) is 5.10 Å². The highest BCUT2D eigenvalue weighted by Gasteiger charge is 2.23. The third-order valence-electron chi connectivity index (χ3n) is 6.65. The Hall–Kier alpha value is -5.09. The van der Waals surface area contributed by atoms with Gasteiger partial charge in [-0.25, -0.2) is 10.2 Å². The van der Waals surface area contributed by atoms with E-state index in [-0.39, 0.29) is 5.75 Å². The fourth-order valence-electron chi connectivity index (χ4n) is 4.71. The Labute approximate surface area is 262 Å². The maximum absolute atomic E-state index is 13.5. The number of halogens is 1. The smallest absolute Gasteiger partial charge is 0.343 e. The van der Waals surface area contributed by atoms with Crippen molar-refractivity contribution in [1.29, 1.82) is 0 Å². The summed E-state index contributed by atoms with van der Waals surface area (Å²) in [5.41, 5.74) is 5.92. The average molecular weight is 657 g/mol. The number of hydrogen-bond donors (Lipinski definition) is 2. The number of hydrogen-bond acceptors (Lipinski definition) is 7. The van der Waals surface area contributed by atoms with E-state index in [1.165, 1.54) is 6.21 Å². The van der Waals surface area contributed by atoms with Gasteiger partial charge in [-0.05, 0) is 61.9 Å². The Bertz CT molecular complexity index is 1830. The number of ether oxygens (including phenoxy) is 4. The summed E-state index contributed by atoms with van der Waals surface area (Å²) in [6.07, 6.45) is 1.42. The number of aromatic amines is 1. The topological polar surface area (TPSA) is 111 Å². The molecule has 0 radical (unpaired) electrons. The highest BCUT2D eigenvalue weighted by Crippen LogP contribution is 2.41. The average Bonchev–Trinajstić information content (AvgIpc) is 3.45. The molecular weight excluding hydrogens is 626 g/mol. The number of nitrogens with zero attached hydrogens (tertiary/aromatic N) is 1. The van der Waals surface area contributed by atoms with E-state index in [9.17, 15) is 9.59 Å². The maximum Gasteiger partial charge on any atom is 0.343 e. The number of H-pyrrole nitrogens is 1. The zero-order valence-corrected chi connectivity index (χ0v) is 25.9. The van der Waals surface area contributed by atoms with Crippen LogP contribution in [0.3, 0.4) is 0 Å². The van der Waals surface area contributed by atoms with Crippen molar-refractivity contribution in [2.75, 3.05) is 20.3 Å².